The molecule has 1 saturated heterocycles. The monoisotopic (exact) mass is 232 g/mol. The van der Waals surface area contributed by atoms with Crippen molar-refractivity contribution >= 4 is 17.8 Å². The average molecular weight is 232 g/mol. The molecule has 0 bridgehead atoms. The minimum atomic E-state index is -0.0969. The van der Waals surface area contributed by atoms with Crippen molar-refractivity contribution in [1.29, 1.82) is 0 Å². The zero-order valence-electron chi connectivity index (χ0n) is 9.23. The lowest BCUT2D eigenvalue weighted by atomic mass is 10.0. The highest BCUT2D eigenvalue weighted by atomic mass is 16.1. The van der Waals surface area contributed by atoms with Crippen LogP contribution in [0.4, 0.5) is 5.82 Å². The molecule has 0 amide bonds. The fourth-order valence-electron chi connectivity index (χ4n) is 2.24. The summed E-state index contributed by atoms with van der Waals surface area (Å²) < 4.78 is 1.62. The summed E-state index contributed by atoms with van der Waals surface area (Å²) in [4.78, 5) is 17.2. The van der Waals surface area contributed by atoms with E-state index in [9.17, 15) is 4.79 Å². The summed E-state index contributed by atoms with van der Waals surface area (Å²) in [5.41, 5.74) is 0.595. The van der Waals surface area contributed by atoms with Crippen LogP contribution >= 0.6 is 0 Å². The van der Waals surface area contributed by atoms with Gasteiger partial charge < -0.3 is 9.69 Å². The summed E-state index contributed by atoms with van der Waals surface area (Å²) in [7, 11) is 0. The number of aromatic nitrogens is 5. The van der Waals surface area contributed by atoms with Gasteiger partial charge in [0.1, 0.15) is 6.29 Å². The van der Waals surface area contributed by atoms with Gasteiger partial charge >= 0.3 is 0 Å². The molecule has 3 heterocycles. The lowest BCUT2D eigenvalue weighted by Gasteiger charge is -2.33. The van der Waals surface area contributed by atoms with Crippen LogP contribution in [-0.2, 0) is 4.79 Å². The van der Waals surface area contributed by atoms with Crippen molar-refractivity contribution in [3.05, 3.63) is 12.4 Å². The van der Waals surface area contributed by atoms with Crippen LogP contribution in [0, 0.1) is 0 Å². The molecule has 1 fully saturated rings. The van der Waals surface area contributed by atoms with Gasteiger partial charge in [-0.2, -0.15) is 4.52 Å². The van der Waals surface area contributed by atoms with Gasteiger partial charge in [0, 0.05) is 6.54 Å². The van der Waals surface area contributed by atoms with Gasteiger partial charge in [0.2, 0.25) is 0 Å². The van der Waals surface area contributed by atoms with E-state index in [2.05, 4.69) is 20.5 Å². The second-order valence-electron chi connectivity index (χ2n) is 4.11. The van der Waals surface area contributed by atoms with Gasteiger partial charge in [-0.05, 0) is 29.7 Å². The van der Waals surface area contributed by atoms with Crippen molar-refractivity contribution in [3.8, 4) is 0 Å². The molecule has 0 N–H and O–H groups in total. The SMILES string of the molecule is O=CC1CCCCN1c1cncc2nnnn12. The largest absolute Gasteiger partial charge is 0.345 e. The molecule has 0 saturated carbocycles. The quantitative estimate of drug-likeness (QED) is 0.682. The van der Waals surface area contributed by atoms with E-state index < -0.39 is 0 Å². The molecule has 1 unspecified atom stereocenters. The Morgan fingerprint density at radius 1 is 1.35 bits per heavy atom. The van der Waals surface area contributed by atoms with Crippen molar-refractivity contribution in [2.24, 2.45) is 0 Å². The first-order chi connectivity index (χ1) is 8.40. The van der Waals surface area contributed by atoms with Crippen LogP contribution in [0.25, 0.3) is 5.65 Å². The van der Waals surface area contributed by atoms with Crippen molar-refractivity contribution in [1.82, 2.24) is 25.0 Å². The normalized spacial score (nSPS) is 20.7. The highest BCUT2D eigenvalue weighted by molar-refractivity contribution is 5.65. The number of anilines is 1. The predicted molar refractivity (Wildman–Crippen MR) is 59.6 cm³/mol. The fourth-order valence-corrected chi connectivity index (χ4v) is 2.24. The molecule has 0 aliphatic carbocycles. The lowest BCUT2D eigenvalue weighted by Crippen LogP contribution is -2.41. The summed E-state index contributed by atoms with van der Waals surface area (Å²) in [6, 6.07) is -0.0969. The molecular weight excluding hydrogens is 220 g/mol. The van der Waals surface area contributed by atoms with E-state index >= 15 is 0 Å². The number of carbonyl (C=O) groups excluding carboxylic acids is 1. The van der Waals surface area contributed by atoms with Crippen LogP contribution in [0.1, 0.15) is 19.3 Å². The molecule has 7 nitrogen and oxygen atoms in total. The van der Waals surface area contributed by atoms with Gasteiger partial charge in [-0.25, -0.2) is 0 Å². The molecule has 0 radical (unpaired) electrons. The molecule has 88 valence electrons. The van der Waals surface area contributed by atoms with E-state index in [1.807, 2.05) is 4.90 Å². The van der Waals surface area contributed by atoms with Gasteiger partial charge in [-0.3, -0.25) is 4.98 Å². The molecular formula is C10H12N6O. The molecule has 1 atom stereocenters. The summed E-state index contributed by atoms with van der Waals surface area (Å²) in [6.07, 6.45) is 7.32. The van der Waals surface area contributed by atoms with Crippen LogP contribution < -0.4 is 4.90 Å². The number of rotatable bonds is 2. The second kappa shape index (κ2) is 4.08. The Bertz CT molecular complexity index is 538. The molecule has 3 rings (SSSR count). The van der Waals surface area contributed by atoms with Crippen LogP contribution in [0.3, 0.4) is 0 Å². The van der Waals surface area contributed by atoms with Crippen molar-refractivity contribution in [2.75, 3.05) is 11.4 Å². The number of carbonyl (C=O) groups is 1. The third-order valence-corrected chi connectivity index (χ3v) is 3.09. The first-order valence-electron chi connectivity index (χ1n) is 5.64. The lowest BCUT2D eigenvalue weighted by molar-refractivity contribution is -0.109. The topological polar surface area (TPSA) is 76.3 Å². The van der Waals surface area contributed by atoms with Crippen LogP contribution in [0.15, 0.2) is 12.4 Å². The maximum atomic E-state index is 11.1. The van der Waals surface area contributed by atoms with E-state index in [0.717, 1.165) is 37.9 Å². The number of tetrazole rings is 1. The molecule has 2 aromatic heterocycles. The van der Waals surface area contributed by atoms with E-state index in [0.29, 0.717) is 5.65 Å². The average Bonchev–Trinajstić information content (AvgIpc) is 2.86. The third kappa shape index (κ3) is 1.63. The van der Waals surface area contributed by atoms with Crippen molar-refractivity contribution < 1.29 is 4.79 Å². The summed E-state index contributed by atoms with van der Waals surface area (Å²) in [5.74, 6) is 0.782. The Morgan fingerprint density at radius 2 is 2.29 bits per heavy atom. The van der Waals surface area contributed by atoms with Crippen molar-refractivity contribution in [2.45, 2.75) is 25.3 Å². The van der Waals surface area contributed by atoms with Crippen LogP contribution in [0.2, 0.25) is 0 Å². The maximum absolute atomic E-state index is 11.1. The number of nitrogens with zero attached hydrogens (tertiary/aromatic N) is 6. The molecule has 1 aliphatic rings. The smallest absolute Gasteiger partial charge is 0.199 e. The zero-order valence-corrected chi connectivity index (χ0v) is 9.23. The molecule has 0 aromatic carbocycles. The Labute approximate surface area is 97.4 Å². The first-order valence-corrected chi connectivity index (χ1v) is 5.64. The van der Waals surface area contributed by atoms with Gasteiger partial charge in [0.15, 0.2) is 11.5 Å². The van der Waals surface area contributed by atoms with E-state index in [1.54, 1.807) is 16.9 Å². The molecule has 2 aromatic rings. The number of fused-ring (bicyclic) bond motifs is 1. The highest BCUT2D eigenvalue weighted by Crippen LogP contribution is 2.22. The van der Waals surface area contributed by atoms with Crippen molar-refractivity contribution in [3.63, 3.8) is 0 Å². The second-order valence-corrected chi connectivity index (χ2v) is 4.11. The molecule has 17 heavy (non-hydrogen) atoms. The molecule has 7 heteroatoms. The minimum absolute atomic E-state index is 0.0969. The summed E-state index contributed by atoms with van der Waals surface area (Å²) in [6.45, 7) is 0.837. The number of hydrogen-bond acceptors (Lipinski definition) is 6. The number of hydrogen-bond donors (Lipinski definition) is 0. The number of aldehydes is 1. The Hall–Kier alpha value is -2.05. The van der Waals surface area contributed by atoms with E-state index in [-0.39, 0.29) is 6.04 Å². The van der Waals surface area contributed by atoms with Gasteiger partial charge in [0.05, 0.1) is 18.4 Å². The highest BCUT2D eigenvalue weighted by Gasteiger charge is 2.24. The Morgan fingerprint density at radius 3 is 3.18 bits per heavy atom. The number of piperidine rings is 1. The first kappa shape index (κ1) is 10.1. The maximum Gasteiger partial charge on any atom is 0.199 e. The standard InChI is InChI=1S/C10H12N6O/c17-7-8-3-1-2-4-15(8)10-6-11-5-9-12-13-14-16(9)10/h5-8H,1-4H2. The Balaban J connectivity index is 2.07. The van der Waals surface area contributed by atoms with Gasteiger partial charge in [-0.1, -0.05) is 0 Å². The van der Waals surface area contributed by atoms with Crippen LogP contribution in [0.5, 0.6) is 0 Å². The predicted octanol–water partition coefficient (Wildman–Crippen LogP) is 0.0771. The fraction of sp³-hybridized carbons (Fsp3) is 0.500. The molecule has 0 spiro atoms. The molecule has 1 aliphatic heterocycles. The minimum Gasteiger partial charge on any atom is -0.345 e. The van der Waals surface area contributed by atoms with E-state index in [4.69, 9.17) is 0 Å². The van der Waals surface area contributed by atoms with E-state index in [1.165, 1.54) is 0 Å². The van der Waals surface area contributed by atoms with Gasteiger partial charge in [-0.15, -0.1) is 5.10 Å². The van der Waals surface area contributed by atoms with Crippen LogP contribution in [-0.4, -0.2) is 43.9 Å². The third-order valence-electron chi connectivity index (χ3n) is 3.09. The summed E-state index contributed by atoms with van der Waals surface area (Å²) in [5, 5.41) is 11.4. The Kier molecular flexibility index (Phi) is 2.43. The summed E-state index contributed by atoms with van der Waals surface area (Å²) >= 11 is 0. The zero-order chi connectivity index (χ0) is 11.7. The van der Waals surface area contributed by atoms with Gasteiger partial charge in [0.25, 0.3) is 0 Å².